The van der Waals surface area contributed by atoms with E-state index in [1.165, 1.54) is 5.56 Å². The summed E-state index contributed by atoms with van der Waals surface area (Å²) in [4.78, 5) is 11.5. The molecule has 0 aromatic heterocycles. The number of carbonyl (C=O) groups excluding carboxylic acids is 1. The number of rotatable bonds is 6. The second kappa shape index (κ2) is 7.46. The standard InChI is InChI=1S/C17H27NO3/c1-6-20-16(19)14(18)9-10-21-15-8-7-12(2)11-13(15)17(3,4)5/h7-8,11,14H,6,9-10,18H2,1-5H3. The number of ether oxygens (including phenoxy) is 2. The number of aryl methyl sites for hydroxylation is 1. The number of benzene rings is 1. The Balaban J connectivity index is 2.66. The molecular formula is C17H27NO3. The van der Waals surface area contributed by atoms with E-state index in [-0.39, 0.29) is 11.4 Å². The molecule has 0 bridgehead atoms. The van der Waals surface area contributed by atoms with Gasteiger partial charge in [0, 0.05) is 6.42 Å². The van der Waals surface area contributed by atoms with Crippen molar-refractivity contribution in [1.82, 2.24) is 0 Å². The molecule has 0 saturated heterocycles. The van der Waals surface area contributed by atoms with Gasteiger partial charge in [-0.3, -0.25) is 4.79 Å². The molecule has 0 amide bonds. The largest absolute Gasteiger partial charge is 0.493 e. The number of esters is 1. The monoisotopic (exact) mass is 293 g/mol. The first-order valence-corrected chi connectivity index (χ1v) is 7.42. The Morgan fingerprint density at radius 3 is 2.57 bits per heavy atom. The molecule has 21 heavy (non-hydrogen) atoms. The van der Waals surface area contributed by atoms with Gasteiger partial charge in [-0.15, -0.1) is 0 Å². The van der Waals surface area contributed by atoms with Crippen molar-refractivity contribution >= 4 is 5.97 Å². The molecule has 0 spiro atoms. The van der Waals surface area contributed by atoms with Crippen molar-refractivity contribution in [3.05, 3.63) is 29.3 Å². The molecule has 0 aliphatic carbocycles. The minimum absolute atomic E-state index is 0.00457. The van der Waals surface area contributed by atoms with Gasteiger partial charge < -0.3 is 15.2 Å². The summed E-state index contributed by atoms with van der Waals surface area (Å²) < 4.78 is 10.7. The smallest absolute Gasteiger partial charge is 0.323 e. The lowest BCUT2D eigenvalue weighted by atomic mass is 9.85. The molecule has 0 fully saturated rings. The average Bonchev–Trinajstić information content (AvgIpc) is 2.39. The van der Waals surface area contributed by atoms with E-state index in [4.69, 9.17) is 15.2 Å². The molecule has 0 saturated carbocycles. The number of nitrogens with two attached hydrogens (primary N) is 1. The molecule has 0 aliphatic rings. The van der Waals surface area contributed by atoms with Crippen molar-refractivity contribution in [1.29, 1.82) is 0 Å². The Labute approximate surface area is 127 Å². The highest BCUT2D eigenvalue weighted by molar-refractivity contribution is 5.75. The van der Waals surface area contributed by atoms with Crippen LogP contribution in [0, 0.1) is 6.92 Å². The maximum atomic E-state index is 11.5. The van der Waals surface area contributed by atoms with E-state index in [9.17, 15) is 4.79 Å². The zero-order valence-electron chi connectivity index (χ0n) is 13.7. The normalized spacial score (nSPS) is 12.9. The van der Waals surface area contributed by atoms with Gasteiger partial charge in [0.05, 0.1) is 13.2 Å². The van der Waals surface area contributed by atoms with Crippen molar-refractivity contribution in [2.75, 3.05) is 13.2 Å². The van der Waals surface area contributed by atoms with Gasteiger partial charge in [0.2, 0.25) is 0 Å². The van der Waals surface area contributed by atoms with Crippen molar-refractivity contribution in [2.45, 2.75) is 52.5 Å². The first kappa shape index (κ1) is 17.5. The molecule has 1 aromatic rings. The average molecular weight is 293 g/mol. The van der Waals surface area contributed by atoms with Gasteiger partial charge in [-0.1, -0.05) is 38.5 Å². The van der Waals surface area contributed by atoms with Crippen LogP contribution in [0.5, 0.6) is 5.75 Å². The molecule has 0 heterocycles. The van der Waals surface area contributed by atoms with E-state index in [1.54, 1.807) is 6.92 Å². The summed E-state index contributed by atoms with van der Waals surface area (Å²) in [6.45, 7) is 11.0. The number of hydrogen-bond acceptors (Lipinski definition) is 4. The summed E-state index contributed by atoms with van der Waals surface area (Å²) in [5.41, 5.74) is 8.13. The summed E-state index contributed by atoms with van der Waals surface area (Å²) in [6, 6.07) is 5.51. The third-order valence-corrected chi connectivity index (χ3v) is 3.22. The SMILES string of the molecule is CCOC(=O)C(N)CCOc1ccc(C)cc1C(C)(C)C. The maximum absolute atomic E-state index is 11.5. The molecule has 0 aliphatic heterocycles. The van der Waals surface area contributed by atoms with Gasteiger partial charge >= 0.3 is 5.97 Å². The summed E-state index contributed by atoms with van der Waals surface area (Å²) in [5.74, 6) is 0.477. The molecule has 1 atom stereocenters. The first-order valence-electron chi connectivity index (χ1n) is 7.42. The lowest BCUT2D eigenvalue weighted by Crippen LogP contribution is -2.33. The zero-order chi connectivity index (χ0) is 16.0. The van der Waals surface area contributed by atoms with Crippen LogP contribution in [0.1, 0.15) is 45.2 Å². The summed E-state index contributed by atoms with van der Waals surface area (Å²) in [7, 11) is 0. The Kier molecular flexibility index (Phi) is 6.21. The minimum Gasteiger partial charge on any atom is -0.493 e. The van der Waals surface area contributed by atoms with Gasteiger partial charge in [-0.05, 0) is 30.9 Å². The molecule has 0 radical (unpaired) electrons. The van der Waals surface area contributed by atoms with Crippen molar-refractivity contribution in [3.63, 3.8) is 0 Å². The van der Waals surface area contributed by atoms with E-state index in [2.05, 4.69) is 33.8 Å². The number of carbonyl (C=O) groups is 1. The Hall–Kier alpha value is -1.55. The van der Waals surface area contributed by atoms with Crippen LogP contribution in [-0.2, 0) is 14.9 Å². The second-order valence-corrected chi connectivity index (χ2v) is 6.25. The van der Waals surface area contributed by atoms with Crippen LogP contribution < -0.4 is 10.5 Å². The van der Waals surface area contributed by atoms with Crippen LogP contribution >= 0.6 is 0 Å². The minimum atomic E-state index is -0.631. The predicted molar refractivity (Wildman–Crippen MR) is 84.6 cm³/mol. The fourth-order valence-electron chi connectivity index (χ4n) is 2.02. The maximum Gasteiger partial charge on any atom is 0.323 e. The highest BCUT2D eigenvalue weighted by Crippen LogP contribution is 2.32. The molecule has 4 heteroatoms. The van der Waals surface area contributed by atoms with Gasteiger partial charge in [0.1, 0.15) is 11.8 Å². The van der Waals surface area contributed by atoms with Crippen molar-refractivity contribution < 1.29 is 14.3 Å². The fourth-order valence-corrected chi connectivity index (χ4v) is 2.02. The highest BCUT2D eigenvalue weighted by atomic mass is 16.5. The molecule has 1 aromatic carbocycles. The lowest BCUT2D eigenvalue weighted by molar-refractivity contribution is -0.145. The van der Waals surface area contributed by atoms with Crippen LogP contribution in [-0.4, -0.2) is 25.2 Å². The van der Waals surface area contributed by atoms with Gasteiger partial charge in [0.15, 0.2) is 0 Å². The van der Waals surface area contributed by atoms with Crippen LogP contribution in [0.2, 0.25) is 0 Å². The quantitative estimate of drug-likeness (QED) is 0.819. The van der Waals surface area contributed by atoms with Crippen LogP contribution in [0.25, 0.3) is 0 Å². The summed E-state index contributed by atoms with van der Waals surface area (Å²) in [6.07, 6.45) is 0.441. The van der Waals surface area contributed by atoms with Gasteiger partial charge in [-0.25, -0.2) is 0 Å². The topological polar surface area (TPSA) is 61.5 Å². The summed E-state index contributed by atoms with van der Waals surface area (Å²) >= 11 is 0. The Morgan fingerprint density at radius 1 is 1.33 bits per heavy atom. The fraction of sp³-hybridized carbons (Fsp3) is 0.588. The first-order chi connectivity index (χ1) is 9.75. The highest BCUT2D eigenvalue weighted by Gasteiger charge is 2.20. The lowest BCUT2D eigenvalue weighted by Gasteiger charge is -2.23. The third-order valence-electron chi connectivity index (χ3n) is 3.22. The molecular weight excluding hydrogens is 266 g/mol. The second-order valence-electron chi connectivity index (χ2n) is 6.25. The molecule has 1 rings (SSSR count). The van der Waals surface area contributed by atoms with Crippen LogP contribution in [0.4, 0.5) is 0 Å². The Bertz CT molecular complexity index is 477. The number of hydrogen-bond donors (Lipinski definition) is 1. The van der Waals surface area contributed by atoms with Gasteiger partial charge in [-0.2, -0.15) is 0 Å². The molecule has 1 unspecified atom stereocenters. The van der Waals surface area contributed by atoms with Crippen molar-refractivity contribution in [2.24, 2.45) is 5.73 Å². The molecule has 4 nitrogen and oxygen atoms in total. The van der Waals surface area contributed by atoms with E-state index < -0.39 is 6.04 Å². The van der Waals surface area contributed by atoms with Crippen LogP contribution in [0.15, 0.2) is 18.2 Å². The van der Waals surface area contributed by atoms with E-state index >= 15 is 0 Å². The van der Waals surface area contributed by atoms with E-state index in [0.29, 0.717) is 19.6 Å². The van der Waals surface area contributed by atoms with Crippen molar-refractivity contribution in [3.8, 4) is 5.75 Å². The van der Waals surface area contributed by atoms with Gasteiger partial charge in [0.25, 0.3) is 0 Å². The third kappa shape index (κ3) is 5.38. The van der Waals surface area contributed by atoms with E-state index in [1.807, 2.05) is 12.1 Å². The molecule has 118 valence electrons. The summed E-state index contributed by atoms with van der Waals surface area (Å²) in [5, 5.41) is 0. The zero-order valence-corrected chi connectivity index (χ0v) is 13.7. The Morgan fingerprint density at radius 2 is 2.00 bits per heavy atom. The van der Waals surface area contributed by atoms with Crippen LogP contribution in [0.3, 0.4) is 0 Å². The molecule has 2 N–H and O–H groups in total. The predicted octanol–water partition coefficient (Wildman–Crippen LogP) is 2.95. The van der Waals surface area contributed by atoms with E-state index in [0.717, 1.165) is 11.3 Å².